The van der Waals surface area contributed by atoms with Crippen LogP contribution in [0.4, 0.5) is 11.6 Å². The van der Waals surface area contributed by atoms with Crippen molar-refractivity contribution in [2.24, 2.45) is 5.34 Å². The third-order valence-electron chi connectivity index (χ3n) is 5.66. The number of hydrogen-bond donors (Lipinski definition) is 2. The summed E-state index contributed by atoms with van der Waals surface area (Å²) in [6.07, 6.45) is 7.16. The maximum atomic E-state index is 8.00. The summed E-state index contributed by atoms with van der Waals surface area (Å²) in [5.41, 5.74) is 20.6. The van der Waals surface area contributed by atoms with Gasteiger partial charge in [-0.25, -0.2) is 19.9 Å². The van der Waals surface area contributed by atoms with Gasteiger partial charge in [-0.3, -0.25) is 0 Å². The summed E-state index contributed by atoms with van der Waals surface area (Å²) in [6.45, 7) is 16.3. The van der Waals surface area contributed by atoms with Gasteiger partial charge in [-0.2, -0.15) is 0 Å². The molecule has 0 spiro atoms. The summed E-state index contributed by atoms with van der Waals surface area (Å²) in [5.74, 6) is 1.23. The summed E-state index contributed by atoms with van der Waals surface area (Å²) >= 11 is 6.62. The molecule has 0 atom stereocenters. The third kappa shape index (κ3) is 16.0. The Balaban J connectivity index is 0. The van der Waals surface area contributed by atoms with Gasteiger partial charge in [0.05, 0.1) is 0 Å². The average Bonchev–Trinajstić information content (AvgIpc) is 2.87. The quantitative estimate of drug-likeness (QED) is 0.116. The summed E-state index contributed by atoms with van der Waals surface area (Å²) in [5, 5.41) is 9.00. The molecule has 0 saturated carbocycles. The van der Waals surface area contributed by atoms with Crippen LogP contribution in [0.1, 0.15) is 44.5 Å². The molecule has 0 aliphatic carbocycles. The largest absolute Gasteiger partial charge is 1.00 e. The van der Waals surface area contributed by atoms with Crippen molar-refractivity contribution in [3.05, 3.63) is 113 Å². The standard InChI is InChI=1S/2C7H8BrN.2C7H10N2.HNO2.Na/c1-5-3-7(8)9-4-6(5)2;1-5-3-4-9-7(8)6(5)2;1-5-3-7(8)9-4-6(5)2;1-5-3-4-9-7(8)6(5)2;2-1-3;/h2*3-4H,1-2H3;2*3-4H,1-2H3,(H2,8,9);(H,2,3);/q;;;;;+1/p-1. The molecule has 0 aliphatic rings. The molecule has 40 heavy (non-hydrogen) atoms. The number of hydrogen-bond acceptors (Lipinski definition) is 9. The monoisotopic (exact) mass is 683 g/mol. The summed E-state index contributed by atoms with van der Waals surface area (Å²) in [6, 6.07) is 7.83. The Hall–Kier alpha value is -2.44. The van der Waals surface area contributed by atoms with E-state index < -0.39 is 0 Å². The van der Waals surface area contributed by atoms with Gasteiger partial charge in [-0.15, -0.1) is 5.34 Å². The molecule has 0 aliphatic heterocycles. The van der Waals surface area contributed by atoms with Crippen LogP contribution in [0, 0.1) is 65.5 Å². The number of nitrogen functional groups attached to an aromatic ring is 2. The van der Waals surface area contributed by atoms with E-state index in [1.807, 2.05) is 65.1 Å². The molecule has 12 heteroatoms. The van der Waals surface area contributed by atoms with Gasteiger partial charge < -0.3 is 21.6 Å². The Morgan fingerprint density at radius 1 is 0.675 bits per heavy atom. The molecular formula is C28H36Br2N7NaO2. The molecule has 0 amide bonds. The van der Waals surface area contributed by atoms with Gasteiger partial charge in [-0.05, 0) is 156 Å². The first-order chi connectivity index (χ1) is 18.2. The number of aryl methyl sites for hydroxylation is 6. The van der Waals surface area contributed by atoms with E-state index >= 15 is 0 Å². The number of rotatable bonds is 0. The van der Waals surface area contributed by atoms with Crippen LogP contribution in [0.2, 0.25) is 0 Å². The fourth-order valence-electron chi connectivity index (χ4n) is 2.49. The Morgan fingerprint density at radius 2 is 1.12 bits per heavy atom. The molecule has 4 aromatic heterocycles. The second-order valence-corrected chi connectivity index (χ2v) is 10.1. The molecule has 4 N–H and O–H groups in total. The minimum atomic E-state index is 0. The van der Waals surface area contributed by atoms with E-state index in [-0.39, 0.29) is 29.6 Å². The Labute approximate surface area is 276 Å². The molecule has 4 aromatic rings. The second-order valence-electron chi connectivity index (χ2n) is 8.54. The molecule has 0 fully saturated rings. The summed E-state index contributed by atoms with van der Waals surface area (Å²) < 4.78 is 1.85. The normalized spacial score (nSPS) is 8.95. The predicted octanol–water partition coefficient (Wildman–Crippen LogP) is 4.74. The van der Waals surface area contributed by atoms with Crippen LogP contribution in [0.3, 0.4) is 0 Å². The van der Waals surface area contributed by atoms with Gasteiger partial charge in [-0.1, -0.05) is 0 Å². The van der Waals surface area contributed by atoms with Gasteiger partial charge >= 0.3 is 29.6 Å². The van der Waals surface area contributed by atoms with Crippen LogP contribution in [-0.2, 0) is 0 Å². The number of aromatic nitrogens is 4. The van der Waals surface area contributed by atoms with Crippen LogP contribution >= 0.6 is 31.9 Å². The number of pyridine rings is 4. The molecule has 0 saturated heterocycles. The van der Waals surface area contributed by atoms with E-state index in [0.717, 1.165) is 20.1 Å². The molecule has 0 aromatic carbocycles. The van der Waals surface area contributed by atoms with E-state index in [2.05, 4.69) is 72.6 Å². The van der Waals surface area contributed by atoms with E-state index in [1.165, 1.54) is 38.9 Å². The third-order valence-corrected chi connectivity index (χ3v) is 6.89. The fraction of sp³-hybridized carbons (Fsp3) is 0.286. The molecule has 0 radical (unpaired) electrons. The Morgan fingerprint density at radius 3 is 1.48 bits per heavy atom. The molecule has 4 heterocycles. The summed E-state index contributed by atoms with van der Waals surface area (Å²) in [4.78, 5) is 23.9. The SMILES string of the molecule is Cc1ccnc(Br)c1C.Cc1ccnc(N)c1C.Cc1cnc(Br)cc1C.Cc1cnc(N)cc1C.O=N[O-].[Na+]. The smallest absolute Gasteiger partial charge is 0.444 e. The first kappa shape index (κ1) is 39.7. The minimum absolute atomic E-state index is 0. The zero-order valence-corrected chi connectivity index (χ0v) is 29.8. The van der Waals surface area contributed by atoms with E-state index in [0.29, 0.717) is 11.6 Å². The summed E-state index contributed by atoms with van der Waals surface area (Å²) in [7, 11) is 0. The van der Waals surface area contributed by atoms with Crippen molar-refractivity contribution < 1.29 is 29.6 Å². The second kappa shape index (κ2) is 21.3. The topological polar surface area (TPSA) is 156 Å². The van der Waals surface area contributed by atoms with Gasteiger partial charge in [0, 0.05) is 24.8 Å². The molecule has 210 valence electrons. The van der Waals surface area contributed by atoms with E-state index in [1.54, 1.807) is 18.6 Å². The van der Waals surface area contributed by atoms with Gasteiger partial charge in [0.2, 0.25) is 0 Å². The van der Waals surface area contributed by atoms with Crippen molar-refractivity contribution in [2.45, 2.75) is 55.4 Å². The molecule has 9 nitrogen and oxygen atoms in total. The number of nitrogens with two attached hydrogens (primary N) is 2. The first-order valence-electron chi connectivity index (χ1n) is 11.7. The van der Waals surface area contributed by atoms with Crippen LogP contribution in [0.15, 0.2) is 63.6 Å². The van der Waals surface area contributed by atoms with Crippen LogP contribution < -0.4 is 41.0 Å². The maximum Gasteiger partial charge on any atom is 1.00 e. The maximum absolute atomic E-state index is 8.00. The van der Waals surface area contributed by atoms with Gasteiger partial charge in [0.15, 0.2) is 0 Å². The van der Waals surface area contributed by atoms with Crippen molar-refractivity contribution >= 4 is 43.5 Å². The Kier molecular flexibility index (Phi) is 21.2. The minimum Gasteiger partial charge on any atom is -0.444 e. The molecular weight excluding hydrogens is 649 g/mol. The Bertz CT molecular complexity index is 1200. The van der Waals surface area contributed by atoms with Crippen molar-refractivity contribution in [3.8, 4) is 0 Å². The van der Waals surface area contributed by atoms with E-state index in [9.17, 15) is 0 Å². The molecule has 0 unspecified atom stereocenters. The molecule has 0 bridgehead atoms. The van der Waals surface area contributed by atoms with Crippen LogP contribution in [-0.4, -0.2) is 19.9 Å². The van der Waals surface area contributed by atoms with Crippen molar-refractivity contribution in [2.75, 3.05) is 11.5 Å². The average molecular weight is 685 g/mol. The van der Waals surface area contributed by atoms with Crippen LogP contribution in [0.5, 0.6) is 0 Å². The molecule has 4 rings (SSSR count). The fourth-order valence-corrected chi connectivity index (χ4v) is 3.37. The van der Waals surface area contributed by atoms with Crippen molar-refractivity contribution in [1.29, 1.82) is 0 Å². The number of nitrogens with zero attached hydrogens (tertiary/aromatic N) is 5. The first-order valence-corrected chi connectivity index (χ1v) is 13.3. The number of halogens is 2. The number of anilines is 2. The zero-order valence-electron chi connectivity index (χ0n) is 24.6. The van der Waals surface area contributed by atoms with Gasteiger partial charge in [0.25, 0.3) is 0 Å². The predicted molar refractivity (Wildman–Crippen MR) is 168 cm³/mol. The zero-order chi connectivity index (χ0) is 30.1. The van der Waals surface area contributed by atoms with Crippen molar-refractivity contribution in [1.82, 2.24) is 19.9 Å². The van der Waals surface area contributed by atoms with Gasteiger partial charge in [0.1, 0.15) is 20.8 Å². The van der Waals surface area contributed by atoms with Crippen LogP contribution in [0.25, 0.3) is 0 Å². The van der Waals surface area contributed by atoms with E-state index in [4.69, 9.17) is 21.6 Å². The van der Waals surface area contributed by atoms with Crippen molar-refractivity contribution in [3.63, 3.8) is 0 Å².